The summed E-state index contributed by atoms with van der Waals surface area (Å²) in [5.74, 6) is -0.540. The summed E-state index contributed by atoms with van der Waals surface area (Å²) in [6, 6.07) is 1.73. The Morgan fingerprint density at radius 3 is 2.44 bits per heavy atom. The monoisotopic (exact) mass is 433 g/mol. The third-order valence-electron chi connectivity index (χ3n) is 4.88. The minimum atomic E-state index is -0.796. The van der Waals surface area contributed by atoms with E-state index < -0.39 is 12.1 Å². The van der Waals surface area contributed by atoms with Crippen molar-refractivity contribution in [2.45, 2.75) is 64.6 Å². The van der Waals surface area contributed by atoms with Gasteiger partial charge in [-0.15, -0.1) is 11.3 Å². The van der Waals surface area contributed by atoms with Gasteiger partial charge in [-0.3, -0.25) is 4.79 Å². The Balaban J connectivity index is 2.44. The number of halogens is 2. The molecule has 1 amide bonds. The van der Waals surface area contributed by atoms with Gasteiger partial charge in [-0.05, 0) is 60.5 Å². The summed E-state index contributed by atoms with van der Waals surface area (Å²) in [6.07, 6.45) is 2.82. The van der Waals surface area contributed by atoms with Crippen LogP contribution in [0.2, 0.25) is 0 Å². The van der Waals surface area contributed by atoms with Crippen molar-refractivity contribution in [3.63, 3.8) is 0 Å². The summed E-state index contributed by atoms with van der Waals surface area (Å²) in [7, 11) is 1.33. The van der Waals surface area contributed by atoms with Crippen molar-refractivity contribution in [3.8, 4) is 0 Å². The molecule has 1 heterocycles. The maximum atomic E-state index is 13.6. The maximum absolute atomic E-state index is 13.6. The van der Waals surface area contributed by atoms with Crippen LogP contribution >= 0.6 is 27.3 Å². The van der Waals surface area contributed by atoms with E-state index in [1.165, 1.54) is 18.4 Å². The zero-order valence-electron chi connectivity index (χ0n) is 14.9. The molecule has 2 rings (SSSR count). The SMILES string of the molecule is CCC(CC)C(=O)N(c1cc(Br)sc1C(=O)OC)C1CCC(F)CC1. The first-order chi connectivity index (χ1) is 11.9. The molecule has 0 unspecified atom stereocenters. The smallest absolute Gasteiger partial charge is 0.350 e. The van der Waals surface area contributed by atoms with Crippen LogP contribution in [0.25, 0.3) is 0 Å². The van der Waals surface area contributed by atoms with Crippen molar-refractivity contribution < 1.29 is 18.7 Å². The van der Waals surface area contributed by atoms with Crippen LogP contribution in [0.15, 0.2) is 9.85 Å². The zero-order valence-corrected chi connectivity index (χ0v) is 17.3. The van der Waals surface area contributed by atoms with Crippen LogP contribution in [0, 0.1) is 5.92 Å². The highest BCUT2D eigenvalue weighted by Gasteiger charge is 2.35. The molecule has 0 bridgehead atoms. The molecule has 7 heteroatoms. The quantitative estimate of drug-likeness (QED) is 0.568. The van der Waals surface area contributed by atoms with Crippen LogP contribution in [0.4, 0.5) is 10.1 Å². The van der Waals surface area contributed by atoms with Gasteiger partial charge in [0.2, 0.25) is 5.91 Å². The van der Waals surface area contributed by atoms with Gasteiger partial charge in [0.05, 0.1) is 16.6 Å². The summed E-state index contributed by atoms with van der Waals surface area (Å²) in [4.78, 5) is 27.6. The first kappa shape index (κ1) is 20.4. The molecule has 0 aliphatic heterocycles. The molecule has 0 atom stereocenters. The van der Waals surface area contributed by atoms with Crippen molar-refractivity contribution >= 4 is 44.8 Å². The van der Waals surface area contributed by atoms with Crippen LogP contribution in [-0.2, 0) is 9.53 Å². The second-order valence-electron chi connectivity index (χ2n) is 6.38. The number of rotatable bonds is 6. The number of esters is 1. The number of hydrogen-bond donors (Lipinski definition) is 0. The molecular formula is C18H25BrFNO3S. The van der Waals surface area contributed by atoms with Gasteiger partial charge in [0, 0.05) is 12.0 Å². The Morgan fingerprint density at radius 2 is 1.92 bits per heavy atom. The third kappa shape index (κ3) is 4.61. The molecule has 1 aliphatic rings. The fourth-order valence-electron chi connectivity index (χ4n) is 3.39. The van der Waals surface area contributed by atoms with E-state index in [-0.39, 0.29) is 17.9 Å². The van der Waals surface area contributed by atoms with Crippen LogP contribution in [-0.4, -0.2) is 31.2 Å². The van der Waals surface area contributed by atoms with E-state index in [9.17, 15) is 14.0 Å². The molecule has 4 nitrogen and oxygen atoms in total. The Kier molecular flexibility index (Phi) is 7.43. The van der Waals surface area contributed by atoms with Gasteiger partial charge < -0.3 is 9.64 Å². The van der Waals surface area contributed by atoms with Crippen LogP contribution in [0.3, 0.4) is 0 Å². The number of anilines is 1. The lowest BCUT2D eigenvalue weighted by Crippen LogP contribution is -2.46. The van der Waals surface area contributed by atoms with Gasteiger partial charge in [0.1, 0.15) is 11.0 Å². The second-order valence-corrected chi connectivity index (χ2v) is 8.82. The van der Waals surface area contributed by atoms with Crippen molar-refractivity contribution in [1.82, 2.24) is 0 Å². The van der Waals surface area contributed by atoms with Crippen LogP contribution in [0.1, 0.15) is 62.0 Å². The Bertz CT molecular complexity index is 609. The Morgan fingerprint density at radius 1 is 1.32 bits per heavy atom. The lowest BCUT2D eigenvalue weighted by Gasteiger charge is -2.37. The third-order valence-corrected chi connectivity index (χ3v) is 6.48. The Hall–Kier alpha value is -0.950. The standard InChI is InChI=1S/C18H25BrFNO3S/c1-4-11(5-2)17(22)21(13-8-6-12(20)7-9-13)14-10-15(19)25-16(14)18(23)24-3/h10-13H,4-9H2,1-3H3. The first-order valence-electron chi connectivity index (χ1n) is 8.77. The molecule has 140 valence electrons. The van der Waals surface area contributed by atoms with Crippen LogP contribution in [0.5, 0.6) is 0 Å². The van der Waals surface area contributed by atoms with Gasteiger partial charge in [-0.25, -0.2) is 9.18 Å². The normalized spacial score (nSPS) is 20.6. The summed E-state index contributed by atoms with van der Waals surface area (Å²) < 4.78 is 19.3. The molecule has 1 fully saturated rings. The minimum Gasteiger partial charge on any atom is -0.465 e. The number of carbonyl (C=O) groups is 2. The number of amides is 1. The van der Waals surface area contributed by atoms with Gasteiger partial charge in [-0.1, -0.05) is 13.8 Å². The predicted molar refractivity (Wildman–Crippen MR) is 102 cm³/mol. The summed E-state index contributed by atoms with van der Waals surface area (Å²) in [5.41, 5.74) is 0.586. The summed E-state index contributed by atoms with van der Waals surface area (Å²) >= 11 is 4.67. The number of ether oxygens (including phenoxy) is 1. The molecule has 1 aromatic rings. The number of alkyl halides is 1. The number of nitrogens with zero attached hydrogens (tertiary/aromatic N) is 1. The molecular weight excluding hydrogens is 409 g/mol. The number of carbonyl (C=O) groups excluding carboxylic acids is 2. The molecule has 1 aliphatic carbocycles. The number of hydrogen-bond acceptors (Lipinski definition) is 4. The molecule has 1 saturated carbocycles. The van der Waals surface area contributed by atoms with E-state index in [2.05, 4.69) is 15.9 Å². The lowest BCUT2D eigenvalue weighted by molar-refractivity contribution is -0.123. The largest absolute Gasteiger partial charge is 0.465 e. The average molecular weight is 434 g/mol. The van der Waals surface area contributed by atoms with E-state index in [1.807, 2.05) is 13.8 Å². The minimum absolute atomic E-state index is 0.0164. The average Bonchev–Trinajstić information content (AvgIpc) is 2.98. The van der Waals surface area contributed by atoms with Crippen molar-refractivity contribution in [2.75, 3.05) is 12.0 Å². The summed E-state index contributed by atoms with van der Waals surface area (Å²) in [5, 5.41) is 0. The highest BCUT2D eigenvalue weighted by atomic mass is 79.9. The van der Waals surface area contributed by atoms with E-state index in [0.29, 0.717) is 36.2 Å². The molecule has 1 aromatic heterocycles. The van der Waals surface area contributed by atoms with Crippen LogP contribution < -0.4 is 4.90 Å². The number of methoxy groups -OCH3 is 1. The highest BCUT2D eigenvalue weighted by Crippen LogP contribution is 2.39. The molecule has 25 heavy (non-hydrogen) atoms. The molecule has 0 saturated heterocycles. The fourth-order valence-corrected chi connectivity index (χ4v) is 4.89. The first-order valence-corrected chi connectivity index (χ1v) is 10.4. The maximum Gasteiger partial charge on any atom is 0.350 e. The van der Waals surface area contributed by atoms with Crippen molar-refractivity contribution in [3.05, 3.63) is 14.7 Å². The van der Waals surface area contributed by atoms with Gasteiger partial charge >= 0.3 is 5.97 Å². The van der Waals surface area contributed by atoms with Crippen molar-refractivity contribution in [1.29, 1.82) is 0 Å². The highest BCUT2D eigenvalue weighted by molar-refractivity contribution is 9.11. The van der Waals surface area contributed by atoms with Gasteiger partial charge in [0.25, 0.3) is 0 Å². The molecule has 0 spiro atoms. The number of thiophene rings is 1. The zero-order chi connectivity index (χ0) is 18.6. The van der Waals surface area contributed by atoms with E-state index in [4.69, 9.17) is 4.74 Å². The molecule has 0 N–H and O–H groups in total. The molecule has 0 radical (unpaired) electrons. The van der Waals surface area contributed by atoms with Crippen molar-refractivity contribution in [2.24, 2.45) is 5.92 Å². The van der Waals surface area contributed by atoms with Gasteiger partial charge in [-0.2, -0.15) is 0 Å². The van der Waals surface area contributed by atoms with E-state index in [1.54, 1.807) is 11.0 Å². The predicted octanol–water partition coefficient (Wildman–Crippen LogP) is 5.35. The topological polar surface area (TPSA) is 46.6 Å². The fraction of sp³-hybridized carbons (Fsp3) is 0.667. The van der Waals surface area contributed by atoms with E-state index >= 15 is 0 Å². The lowest BCUT2D eigenvalue weighted by atomic mass is 9.90. The second kappa shape index (κ2) is 9.12. The Labute approximate surface area is 160 Å². The molecule has 0 aromatic carbocycles. The van der Waals surface area contributed by atoms with Gasteiger partial charge in [0.15, 0.2) is 0 Å². The summed E-state index contributed by atoms with van der Waals surface area (Å²) in [6.45, 7) is 3.99. The van der Waals surface area contributed by atoms with E-state index in [0.717, 1.165) is 16.6 Å².